The van der Waals surface area contributed by atoms with Crippen molar-refractivity contribution >= 4 is 40.9 Å². The molecule has 1 aliphatic heterocycles. The molecule has 1 saturated heterocycles. The van der Waals surface area contributed by atoms with E-state index in [0.717, 1.165) is 25.1 Å². The van der Waals surface area contributed by atoms with Crippen LogP contribution in [0.1, 0.15) is 18.4 Å². The van der Waals surface area contributed by atoms with Gasteiger partial charge >= 0.3 is 0 Å². The van der Waals surface area contributed by atoms with Crippen LogP contribution in [0.3, 0.4) is 0 Å². The number of rotatable bonds is 2. The third-order valence-corrected chi connectivity index (χ3v) is 5.18. The minimum atomic E-state index is 0. The van der Waals surface area contributed by atoms with Crippen LogP contribution in [0.2, 0.25) is 0 Å². The van der Waals surface area contributed by atoms with Gasteiger partial charge in [0.2, 0.25) is 5.91 Å². The van der Waals surface area contributed by atoms with Gasteiger partial charge in [-0.05, 0) is 65.0 Å². The second kappa shape index (κ2) is 6.62. The van der Waals surface area contributed by atoms with Crippen LogP contribution in [0, 0.1) is 15.4 Å². The summed E-state index contributed by atoms with van der Waals surface area (Å²) >= 11 is 2.28. The Morgan fingerprint density at radius 2 is 2.15 bits per heavy atom. The van der Waals surface area contributed by atoms with Gasteiger partial charge in [-0.2, -0.15) is 0 Å². The van der Waals surface area contributed by atoms with E-state index in [1.807, 2.05) is 23.1 Å². The van der Waals surface area contributed by atoms with Gasteiger partial charge in [0.05, 0.1) is 6.42 Å². The molecule has 1 saturated carbocycles. The summed E-state index contributed by atoms with van der Waals surface area (Å²) in [4.78, 5) is 14.4. The van der Waals surface area contributed by atoms with E-state index in [2.05, 4.69) is 28.7 Å². The Labute approximate surface area is 139 Å². The number of likely N-dealkylation sites (tertiary alicyclic amines) is 1. The van der Waals surface area contributed by atoms with Gasteiger partial charge in [-0.25, -0.2) is 0 Å². The maximum atomic E-state index is 12.3. The highest BCUT2D eigenvalue weighted by Crippen LogP contribution is 2.37. The molecule has 0 spiro atoms. The van der Waals surface area contributed by atoms with Crippen LogP contribution in [0.25, 0.3) is 0 Å². The minimum Gasteiger partial charge on any atom is -0.342 e. The molecule has 1 amide bonds. The van der Waals surface area contributed by atoms with Crippen molar-refractivity contribution in [1.29, 1.82) is 0 Å². The molecule has 1 aliphatic carbocycles. The number of hydrogen-bond donors (Lipinski definition) is 1. The highest BCUT2D eigenvalue weighted by Gasteiger charge is 2.42. The molecule has 3 unspecified atom stereocenters. The number of hydrogen-bond acceptors (Lipinski definition) is 2. The van der Waals surface area contributed by atoms with Gasteiger partial charge in [-0.3, -0.25) is 4.79 Å². The lowest BCUT2D eigenvalue weighted by molar-refractivity contribution is -0.129. The molecule has 0 radical (unpaired) electrons. The molecule has 1 aromatic carbocycles. The van der Waals surface area contributed by atoms with Crippen molar-refractivity contribution in [3.05, 3.63) is 33.4 Å². The lowest BCUT2D eigenvalue weighted by Gasteiger charge is -2.18. The fourth-order valence-electron chi connectivity index (χ4n) is 3.44. The molecule has 1 aromatic rings. The van der Waals surface area contributed by atoms with Gasteiger partial charge in [-0.15, -0.1) is 12.4 Å². The molecule has 1 heterocycles. The highest BCUT2D eigenvalue weighted by molar-refractivity contribution is 14.1. The quantitative estimate of drug-likeness (QED) is 0.767. The number of halogens is 2. The second-order valence-corrected chi connectivity index (χ2v) is 7.02. The third kappa shape index (κ3) is 3.28. The van der Waals surface area contributed by atoms with E-state index in [0.29, 0.717) is 24.3 Å². The summed E-state index contributed by atoms with van der Waals surface area (Å²) < 4.78 is 1.18. The Morgan fingerprint density at radius 3 is 2.85 bits per heavy atom. The van der Waals surface area contributed by atoms with Crippen molar-refractivity contribution < 1.29 is 4.79 Å². The molecule has 20 heavy (non-hydrogen) atoms. The van der Waals surface area contributed by atoms with Crippen molar-refractivity contribution in [2.75, 3.05) is 13.1 Å². The number of nitrogens with two attached hydrogens (primary N) is 1. The molecule has 2 fully saturated rings. The molecule has 110 valence electrons. The first-order chi connectivity index (χ1) is 9.13. The monoisotopic (exact) mass is 406 g/mol. The fraction of sp³-hybridized carbons (Fsp3) is 0.533. The van der Waals surface area contributed by atoms with Crippen LogP contribution in [-0.4, -0.2) is 29.9 Å². The topological polar surface area (TPSA) is 46.3 Å². The van der Waals surface area contributed by atoms with Crippen LogP contribution in [-0.2, 0) is 11.2 Å². The Kier molecular flexibility index (Phi) is 5.31. The van der Waals surface area contributed by atoms with Crippen molar-refractivity contribution in [1.82, 2.24) is 4.90 Å². The van der Waals surface area contributed by atoms with E-state index < -0.39 is 0 Å². The molecule has 3 rings (SSSR count). The van der Waals surface area contributed by atoms with E-state index in [1.165, 1.54) is 9.99 Å². The molecule has 3 nitrogen and oxygen atoms in total. The SMILES string of the molecule is Cl.NC1CCC2CN(C(=O)Cc3cccc(I)c3)CC12. The van der Waals surface area contributed by atoms with Gasteiger partial charge in [0.25, 0.3) is 0 Å². The van der Waals surface area contributed by atoms with E-state index in [1.54, 1.807) is 0 Å². The molecule has 2 aliphatic rings. The lowest BCUT2D eigenvalue weighted by Crippen LogP contribution is -2.34. The summed E-state index contributed by atoms with van der Waals surface area (Å²) in [6, 6.07) is 8.48. The smallest absolute Gasteiger partial charge is 0.227 e. The number of nitrogens with zero attached hydrogens (tertiary/aromatic N) is 1. The Balaban J connectivity index is 0.00000147. The van der Waals surface area contributed by atoms with E-state index in [9.17, 15) is 4.79 Å². The number of carbonyl (C=O) groups excluding carboxylic acids is 1. The van der Waals surface area contributed by atoms with Crippen LogP contribution >= 0.6 is 35.0 Å². The first kappa shape index (κ1) is 16.0. The van der Waals surface area contributed by atoms with Crippen LogP contribution in [0.4, 0.5) is 0 Å². The minimum absolute atomic E-state index is 0. The zero-order valence-corrected chi connectivity index (χ0v) is 14.3. The van der Waals surface area contributed by atoms with Crippen molar-refractivity contribution in [3.63, 3.8) is 0 Å². The molecular weight excluding hydrogens is 387 g/mol. The molecule has 3 atom stereocenters. The standard InChI is InChI=1S/C15H19IN2O.ClH/c16-12-3-1-2-10(6-12)7-15(19)18-8-11-4-5-14(17)13(11)9-18;/h1-3,6,11,13-14H,4-5,7-9,17H2;1H. The van der Waals surface area contributed by atoms with Crippen molar-refractivity contribution in [3.8, 4) is 0 Å². The van der Waals surface area contributed by atoms with Crippen LogP contribution in [0.15, 0.2) is 24.3 Å². The van der Waals surface area contributed by atoms with Crippen molar-refractivity contribution in [2.45, 2.75) is 25.3 Å². The highest BCUT2D eigenvalue weighted by atomic mass is 127. The van der Waals surface area contributed by atoms with Gasteiger partial charge in [0.1, 0.15) is 0 Å². The predicted molar refractivity (Wildman–Crippen MR) is 90.9 cm³/mol. The maximum absolute atomic E-state index is 12.3. The van der Waals surface area contributed by atoms with Gasteiger partial charge in [0, 0.05) is 22.7 Å². The van der Waals surface area contributed by atoms with Crippen LogP contribution in [0.5, 0.6) is 0 Å². The Morgan fingerprint density at radius 1 is 1.35 bits per heavy atom. The lowest BCUT2D eigenvalue weighted by atomic mass is 9.98. The first-order valence-electron chi connectivity index (χ1n) is 6.91. The zero-order valence-electron chi connectivity index (χ0n) is 11.3. The first-order valence-corrected chi connectivity index (χ1v) is 7.99. The van der Waals surface area contributed by atoms with E-state index in [-0.39, 0.29) is 18.3 Å². The second-order valence-electron chi connectivity index (χ2n) is 5.77. The van der Waals surface area contributed by atoms with E-state index in [4.69, 9.17) is 5.73 Å². The Hall–Kier alpha value is -0.330. The molecule has 0 bridgehead atoms. The van der Waals surface area contributed by atoms with E-state index >= 15 is 0 Å². The average Bonchev–Trinajstić information content (AvgIpc) is 2.92. The summed E-state index contributed by atoms with van der Waals surface area (Å²) in [6.07, 6.45) is 2.85. The zero-order chi connectivity index (χ0) is 13.4. The summed E-state index contributed by atoms with van der Waals surface area (Å²) in [5, 5.41) is 0. The Bertz CT molecular complexity index is 497. The van der Waals surface area contributed by atoms with Crippen molar-refractivity contribution in [2.24, 2.45) is 17.6 Å². The molecule has 2 N–H and O–H groups in total. The maximum Gasteiger partial charge on any atom is 0.227 e. The molecule has 0 aromatic heterocycles. The number of amides is 1. The third-order valence-electron chi connectivity index (χ3n) is 4.51. The molecular formula is C15H20ClIN2O. The summed E-state index contributed by atoms with van der Waals surface area (Å²) in [5.41, 5.74) is 7.23. The number of carbonyl (C=O) groups is 1. The molecule has 5 heteroatoms. The summed E-state index contributed by atoms with van der Waals surface area (Å²) in [6.45, 7) is 1.79. The van der Waals surface area contributed by atoms with Crippen LogP contribution < -0.4 is 5.73 Å². The van der Waals surface area contributed by atoms with Gasteiger partial charge in [-0.1, -0.05) is 12.1 Å². The summed E-state index contributed by atoms with van der Waals surface area (Å²) in [7, 11) is 0. The fourth-order valence-corrected chi connectivity index (χ4v) is 4.05. The normalized spacial score (nSPS) is 28.1. The largest absolute Gasteiger partial charge is 0.342 e. The number of benzene rings is 1. The van der Waals surface area contributed by atoms with Gasteiger partial charge < -0.3 is 10.6 Å². The van der Waals surface area contributed by atoms with Gasteiger partial charge in [0.15, 0.2) is 0 Å². The number of fused-ring (bicyclic) bond motifs is 1. The predicted octanol–water partition coefficient (Wildman–Crippen LogP) is 2.45. The average molecular weight is 407 g/mol. The summed E-state index contributed by atoms with van der Waals surface area (Å²) in [5.74, 6) is 1.44.